The lowest BCUT2D eigenvalue weighted by molar-refractivity contribution is -0.116. The van der Waals surface area contributed by atoms with E-state index in [2.05, 4.69) is 5.32 Å². The maximum absolute atomic E-state index is 13.0. The molecule has 1 aromatic heterocycles. The Bertz CT molecular complexity index is 587. The zero-order valence-electron chi connectivity index (χ0n) is 11.5. The molecule has 0 unspecified atom stereocenters. The van der Waals surface area contributed by atoms with Gasteiger partial charge in [0.2, 0.25) is 5.91 Å². The van der Waals surface area contributed by atoms with Crippen LogP contribution >= 0.6 is 11.8 Å². The first-order chi connectivity index (χ1) is 10.1. The minimum Gasteiger partial charge on any atom is -0.468 e. The summed E-state index contributed by atoms with van der Waals surface area (Å²) in [6.45, 7) is 0. The third-order valence-electron chi connectivity index (χ3n) is 2.80. The third kappa shape index (κ3) is 5.15. The van der Waals surface area contributed by atoms with Gasteiger partial charge in [-0.25, -0.2) is 4.39 Å². The van der Waals surface area contributed by atoms with Gasteiger partial charge in [0.05, 0.1) is 17.7 Å². The van der Waals surface area contributed by atoms with E-state index in [9.17, 15) is 9.18 Å². The Kier molecular flexibility index (Phi) is 5.68. The van der Waals surface area contributed by atoms with Crippen molar-refractivity contribution in [1.29, 1.82) is 0 Å². The molecule has 6 heteroatoms. The van der Waals surface area contributed by atoms with Crippen molar-refractivity contribution in [2.75, 3.05) is 16.8 Å². The summed E-state index contributed by atoms with van der Waals surface area (Å²) in [5.41, 5.74) is 5.99. The molecule has 1 heterocycles. The molecule has 0 radical (unpaired) electrons. The lowest BCUT2D eigenvalue weighted by Gasteiger charge is -2.06. The van der Waals surface area contributed by atoms with Gasteiger partial charge in [0.25, 0.3) is 0 Å². The van der Waals surface area contributed by atoms with Crippen molar-refractivity contribution >= 4 is 29.0 Å². The van der Waals surface area contributed by atoms with E-state index in [1.165, 1.54) is 18.2 Å². The number of benzene rings is 1. The number of nitrogens with two attached hydrogens (primary N) is 1. The Morgan fingerprint density at radius 3 is 2.95 bits per heavy atom. The van der Waals surface area contributed by atoms with Crippen LogP contribution in [0, 0.1) is 5.82 Å². The molecule has 0 spiro atoms. The smallest absolute Gasteiger partial charge is 0.224 e. The summed E-state index contributed by atoms with van der Waals surface area (Å²) in [7, 11) is 0. The Balaban J connectivity index is 1.64. The zero-order valence-corrected chi connectivity index (χ0v) is 12.3. The summed E-state index contributed by atoms with van der Waals surface area (Å²) in [6, 6.07) is 7.94. The minimum atomic E-state index is -0.484. The molecule has 3 N–H and O–H groups in total. The van der Waals surface area contributed by atoms with Gasteiger partial charge in [0.1, 0.15) is 11.6 Å². The van der Waals surface area contributed by atoms with Gasteiger partial charge in [-0.05, 0) is 42.5 Å². The number of carbonyl (C=O) groups is 1. The van der Waals surface area contributed by atoms with Gasteiger partial charge in [-0.2, -0.15) is 11.8 Å². The van der Waals surface area contributed by atoms with E-state index in [1.54, 1.807) is 18.0 Å². The van der Waals surface area contributed by atoms with Crippen LogP contribution in [0.5, 0.6) is 0 Å². The van der Waals surface area contributed by atoms with Crippen LogP contribution in [-0.2, 0) is 10.5 Å². The number of rotatable bonds is 7. The number of nitrogen functional groups attached to an aromatic ring is 1. The molecule has 0 saturated carbocycles. The van der Waals surface area contributed by atoms with Crippen molar-refractivity contribution < 1.29 is 13.6 Å². The molecule has 21 heavy (non-hydrogen) atoms. The lowest BCUT2D eigenvalue weighted by atomic mass is 10.2. The molecule has 0 fully saturated rings. The molecule has 4 nitrogen and oxygen atoms in total. The first kappa shape index (κ1) is 15.4. The number of carbonyl (C=O) groups excluding carboxylic acids is 1. The normalized spacial score (nSPS) is 10.5. The third-order valence-corrected chi connectivity index (χ3v) is 3.86. The summed E-state index contributed by atoms with van der Waals surface area (Å²) >= 11 is 1.72. The highest BCUT2D eigenvalue weighted by atomic mass is 32.2. The molecule has 112 valence electrons. The van der Waals surface area contributed by atoms with E-state index in [4.69, 9.17) is 10.2 Å². The van der Waals surface area contributed by atoms with Crippen LogP contribution in [-0.4, -0.2) is 11.7 Å². The SMILES string of the molecule is Nc1cc(NC(=O)CCCSCc2ccco2)ccc1F. The summed E-state index contributed by atoms with van der Waals surface area (Å²) in [5, 5.41) is 2.70. The monoisotopic (exact) mass is 308 g/mol. The standard InChI is InChI=1S/C15H17FN2O2S/c16-13-6-5-11(9-14(13)17)18-15(19)4-2-8-21-10-12-3-1-7-20-12/h1,3,5-7,9H,2,4,8,10,17H2,(H,18,19). The quantitative estimate of drug-likeness (QED) is 0.605. The van der Waals surface area contributed by atoms with E-state index in [-0.39, 0.29) is 11.6 Å². The summed E-state index contributed by atoms with van der Waals surface area (Å²) in [6.07, 6.45) is 2.84. The number of halogens is 1. The molecule has 0 aliphatic carbocycles. The molecule has 0 atom stereocenters. The summed E-state index contributed by atoms with van der Waals surface area (Å²) in [4.78, 5) is 11.7. The average molecular weight is 308 g/mol. The van der Waals surface area contributed by atoms with Crippen molar-refractivity contribution in [2.24, 2.45) is 0 Å². The van der Waals surface area contributed by atoms with E-state index in [0.29, 0.717) is 12.1 Å². The second kappa shape index (κ2) is 7.73. The topological polar surface area (TPSA) is 68.3 Å². The van der Waals surface area contributed by atoms with Crippen LogP contribution in [0.4, 0.5) is 15.8 Å². The number of thioether (sulfide) groups is 1. The molecule has 0 aliphatic rings. The molecule has 0 bridgehead atoms. The number of furan rings is 1. The van der Waals surface area contributed by atoms with Crippen LogP contribution in [0.15, 0.2) is 41.0 Å². The van der Waals surface area contributed by atoms with Crippen molar-refractivity contribution in [1.82, 2.24) is 0 Å². The second-order valence-electron chi connectivity index (χ2n) is 4.52. The molecule has 1 aromatic carbocycles. The Morgan fingerprint density at radius 2 is 2.24 bits per heavy atom. The fourth-order valence-corrected chi connectivity index (χ4v) is 2.61. The lowest BCUT2D eigenvalue weighted by Crippen LogP contribution is -2.11. The number of hydrogen-bond acceptors (Lipinski definition) is 4. The summed E-state index contributed by atoms with van der Waals surface area (Å²) < 4.78 is 18.2. The molecule has 0 saturated heterocycles. The van der Waals surface area contributed by atoms with E-state index < -0.39 is 5.82 Å². The van der Waals surface area contributed by atoms with Crippen LogP contribution in [0.25, 0.3) is 0 Å². The highest BCUT2D eigenvalue weighted by Crippen LogP contribution is 2.17. The predicted molar refractivity (Wildman–Crippen MR) is 83.5 cm³/mol. The van der Waals surface area contributed by atoms with E-state index >= 15 is 0 Å². The average Bonchev–Trinajstić information content (AvgIpc) is 2.96. The van der Waals surface area contributed by atoms with Crippen LogP contribution in [0.2, 0.25) is 0 Å². The predicted octanol–water partition coefficient (Wildman–Crippen LogP) is 3.65. The van der Waals surface area contributed by atoms with Crippen molar-refractivity contribution in [3.8, 4) is 0 Å². The number of anilines is 2. The number of amides is 1. The van der Waals surface area contributed by atoms with Gasteiger partial charge in [-0.15, -0.1) is 0 Å². The largest absolute Gasteiger partial charge is 0.468 e. The Hall–Kier alpha value is -1.95. The van der Waals surface area contributed by atoms with Crippen molar-refractivity contribution in [2.45, 2.75) is 18.6 Å². The van der Waals surface area contributed by atoms with E-state index in [0.717, 1.165) is 23.7 Å². The van der Waals surface area contributed by atoms with Gasteiger partial charge < -0.3 is 15.5 Å². The van der Waals surface area contributed by atoms with Gasteiger partial charge in [-0.3, -0.25) is 4.79 Å². The summed E-state index contributed by atoms with van der Waals surface area (Å²) in [5.74, 6) is 2.04. The Morgan fingerprint density at radius 1 is 1.38 bits per heavy atom. The molecule has 2 aromatic rings. The van der Waals surface area contributed by atoms with Gasteiger partial charge in [0, 0.05) is 12.1 Å². The maximum Gasteiger partial charge on any atom is 0.224 e. The number of hydrogen-bond donors (Lipinski definition) is 2. The number of nitrogens with one attached hydrogen (secondary N) is 1. The van der Waals surface area contributed by atoms with Crippen molar-refractivity contribution in [3.63, 3.8) is 0 Å². The van der Waals surface area contributed by atoms with Crippen LogP contribution in [0.3, 0.4) is 0 Å². The van der Waals surface area contributed by atoms with Gasteiger partial charge in [-0.1, -0.05) is 0 Å². The second-order valence-corrected chi connectivity index (χ2v) is 5.63. The molecule has 1 amide bonds. The minimum absolute atomic E-state index is 0.0294. The fraction of sp³-hybridized carbons (Fsp3) is 0.267. The molecule has 0 aliphatic heterocycles. The van der Waals surface area contributed by atoms with Crippen molar-refractivity contribution in [3.05, 3.63) is 48.2 Å². The molecular formula is C15H17FN2O2S. The van der Waals surface area contributed by atoms with Crippen LogP contribution in [0.1, 0.15) is 18.6 Å². The molecular weight excluding hydrogens is 291 g/mol. The highest BCUT2D eigenvalue weighted by molar-refractivity contribution is 7.98. The first-order valence-corrected chi connectivity index (χ1v) is 7.75. The zero-order chi connectivity index (χ0) is 15.1. The Labute approximate surface area is 126 Å². The van der Waals surface area contributed by atoms with Gasteiger partial charge in [0.15, 0.2) is 0 Å². The fourth-order valence-electron chi connectivity index (χ4n) is 1.75. The van der Waals surface area contributed by atoms with Gasteiger partial charge >= 0.3 is 0 Å². The van der Waals surface area contributed by atoms with Crippen LogP contribution < -0.4 is 11.1 Å². The molecule has 2 rings (SSSR count). The first-order valence-electron chi connectivity index (χ1n) is 6.60. The highest BCUT2D eigenvalue weighted by Gasteiger charge is 2.05. The van der Waals surface area contributed by atoms with E-state index in [1.807, 2.05) is 12.1 Å². The maximum atomic E-state index is 13.0.